The topological polar surface area (TPSA) is 66.1 Å². The van der Waals surface area contributed by atoms with Gasteiger partial charge in [0.05, 0.1) is 6.20 Å². The summed E-state index contributed by atoms with van der Waals surface area (Å²) in [6, 6.07) is 3.02. The first-order chi connectivity index (χ1) is 9.30. The minimum Gasteiger partial charge on any atom is -0.332 e. The summed E-state index contributed by atoms with van der Waals surface area (Å²) >= 11 is 0. The Labute approximate surface area is 115 Å². The summed E-state index contributed by atoms with van der Waals surface area (Å²) in [6.45, 7) is 1.42. The first kappa shape index (κ1) is 14.6. The normalized spacial score (nSPS) is 12.1. The van der Waals surface area contributed by atoms with Gasteiger partial charge in [-0.3, -0.25) is 0 Å². The minimum absolute atomic E-state index is 0.0694. The van der Waals surface area contributed by atoms with Gasteiger partial charge in [-0.2, -0.15) is 4.31 Å². The van der Waals surface area contributed by atoms with Crippen LogP contribution >= 0.6 is 0 Å². The van der Waals surface area contributed by atoms with Gasteiger partial charge in [0.25, 0.3) is 10.0 Å². The van der Waals surface area contributed by atoms with Crippen LogP contribution in [0.4, 0.5) is 8.78 Å². The van der Waals surface area contributed by atoms with Crippen molar-refractivity contribution in [1.29, 1.82) is 0 Å². The molecule has 1 N–H and O–H groups in total. The van der Waals surface area contributed by atoms with E-state index in [1.807, 2.05) is 0 Å². The molecule has 0 saturated heterocycles. The summed E-state index contributed by atoms with van der Waals surface area (Å²) in [4.78, 5) is 6.43. The molecule has 0 amide bonds. The van der Waals surface area contributed by atoms with Crippen LogP contribution in [0.3, 0.4) is 0 Å². The summed E-state index contributed by atoms with van der Waals surface area (Å²) in [5.41, 5.74) is 0.0914. The van der Waals surface area contributed by atoms with Crippen molar-refractivity contribution in [3.63, 3.8) is 0 Å². The van der Waals surface area contributed by atoms with Crippen LogP contribution in [0.25, 0.3) is 0 Å². The molecule has 0 fully saturated rings. The zero-order chi connectivity index (χ0) is 14.9. The predicted octanol–water partition coefficient (Wildman–Crippen LogP) is 1.82. The Kier molecular flexibility index (Phi) is 3.87. The highest BCUT2D eigenvalue weighted by molar-refractivity contribution is 7.89. The molecular weight excluding hydrogens is 288 g/mol. The summed E-state index contributed by atoms with van der Waals surface area (Å²) in [7, 11) is -2.47. The zero-order valence-electron chi connectivity index (χ0n) is 10.9. The van der Waals surface area contributed by atoms with Crippen LogP contribution in [0.1, 0.15) is 11.4 Å². The van der Waals surface area contributed by atoms with Gasteiger partial charge in [0, 0.05) is 25.2 Å². The monoisotopic (exact) mass is 301 g/mol. The van der Waals surface area contributed by atoms with Gasteiger partial charge in [0.2, 0.25) is 0 Å². The fourth-order valence-electron chi connectivity index (χ4n) is 1.67. The Hall–Kier alpha value is -1.80. The van der Waals surface area contributed by atoms with Crippen molar-refractivity contribution in [1.82, 2.24) is 14.3 Å². The number of rotatable bonds is 4. The van der Waals surface area contributed by atoms with E-state index in [1.165, 1.54) is 19.3 Å². The molecule has 1 aromatic heterocycles. The van der Waals surface area contributed by atoms with Crippen LogP contribution in [-0.4, -0.2) is 29.7 Å². The van der Waals surface area contributed by atoms with Gasteiger partial charge in [-0.25, -0.2) is 22.2 Å². The molecule has 0 unspecified atom stereocenters. The molecule has 2 rings (SSSR count). The number of imidazole rings is 1. The molecule has 0 aliphatic carbocycles. The van der Waals surface area contributed by atoms with E-state index in [0.29, 0.717) is 5.82 Å². The third-order valence-electron chi connectivity index (χ3n) is 2.78. The van der Waals surface area contributed by atoms with E-state index in [0.717, 1.165) is 16.4 Å². The molecule has 5 nitrogen and oxygen atoms in total. The number of aromatic amines is 1. The summed E-state index contributed by atoms with van der Waals surface area (Å²) in [5, 5.41) is -0.0694. The zero-order valence-corrected chi connectivity index (χ0v) is 11.7. The van der Waals surface area contributed by atoms with E-state index in [-0.39, 0.29) is 17.1 Å². The lowest BCUT2D eigenvalue weighted by atomic mass is 10.2. The first-order valence-electron chi connectivity index (χ1n) is 5.72. The van der Waals surface area contributed by atoms with Crippen LogP contribution < -0.4 is 0 Å². The number of aromatic nitrogens is 2. The van der Waals surface area contributed by atoms with Crippen molar-refractivity contribution in [3.8, 4) is 0 Å². The van der Waals surface area contributed by atoms with Crippen LogP contribution in [0, 0.1) is 18.6 Å². The molecule has 8 heteroatoms. The van der Waals surface area contributed by atoms with Crippen molar-refractivity contribution in [2.45, 2.75) is 18.5 Å². The Morgan fingerprint density at radius 2 is 2.05 bits per heavy atom. The number of halogens is 2. The van der Waals surface area contributed by atoms with Crippen LogP contribution in [0.5, 0.6) is 0 Å². The Morgan fingerprint density at radius 1 is 1.35 bits per heavy atom. The predicted molar refractivity (Wildman–Crippen MR) is 68.3 cm³/mol. The highest BCUT2D eigenvalue weighted by Gasteiger charge is 2.23. The second-order valence-corrected chi connectivity index (χ2v) is 6.34. The fourth-order valence-corrected chi connectivity index (χ4v) is 2.78. The lowest BCUT2D eigenvalue weighted by Gasteiger charge is -2.16. The highest BCUT2D eigenvalue weighted by Crippen LogP contribution is 2.17. The number of aryl methyl sites for hydroxylation is 1. The van der Waals surface area contributed by atoms with Gasteiger partial charge in [-0.05, 0) is 13.0 Å². The Bertz CT molecular complexity index is 728. The Morgan fingerprint density at radius 3 is 2.60 bits per heavy atom. The summed E-state index contributed by atoms with van der Waals surface area (Å²) in [5.74, 6) is -1.03. The molecule has 2 aromatic rings. The molecule has 0 bridgehead atoms. The molecule has 0 aliphatic heterocycles. The smallest absolute Gasteiger partial charge is 0.260 e. The molecule has 0 saturated carbocycles. The summed E-state index contributed by atoms with van der Waals surface area (Å²) in [6.07, 6.45) is 1.20. The maximum Gasteiger partial charge on any atom is 0.260 e. The van der Waals surface area contributed by atoms with Crippen molar-refractivity contribution < 1.29 is 17.2 Å². The molecule has 108 valence electrons. The number of benzene rings is 1. The highest BCUT2D eigenvalue weighted by atomic mass is 32.2. The number of hydrogen-bond acceptors (Lipinski definition) is 3. The summed E-state index contributed by atoms with van der Waals surface area (Å²) < 4.78 is 51.7. The molecule has 0 spiro atoms. The number of sulfonamides is 1. The van der Waals surface area contributed by atoms with Crippen molar-refractivity contribution in [2.75, 3.05) is 7.05 Å². The third kappa shape index (κ3) is 2.86. The second-order valence-electron chi connectivity index (χ2n) is 4.33. The molecule has 0 atom stereocenters. The van der Waals surface area contributed by atoms with Crippen LogP contribution in [-0.2, 0) is 16.6 Å². The standard InChI is InChI=1S/C12H13F2N3O2S/c1-8-15-6-12(16-8)20(18,19)17(2)7-9-3-4-10(13)5-11(9)14/h3-6H,7H2,1-2H3,(H,15,16). The van der Waals surface area contributed by atoms with Crippen molar-refractivity contribution >= 4 is 10.0 Å². The number of hydrogen-bond donors (Lipinski definition) is 1. The van der Waals surface area contributed by atoms with Gasteiger partial charge < -0.3 is 4.98 Å². The number of nitrogens with zero attached hydrogens (tertiary/aromatic N) is 2. The first-order valence-corrected chi connectivity index (χ1v) is 7.16. The largest absolute Gasteiger partial charge is 0.332 e. The minimum atomic E-state index is -3.79. The van der Waals surface area contributed by atoms with Crippen LogP contribution in [0.2, 0.25) is 0 Å². The van der Waals surface area contributed by atoms with E-state index >= 15 is 0 Å². The lowest BCUT2D eigenvalue weighted by Crippen LogP contribution is -2.27. The SMILES string of the molecule is Cc1ncc(S(=O)(=O)N(C)Cc2ccc(F)cc2F)[nH]1. The van der Waals surface area contributed by atoms with E-state index in [4.69, 9.17) is 0 Å². The number of nitrogens with one attached hydrogen (secondary N) is 1. The van der Waals surface area contributed by atoms with Gasteiger partial charge >= 0.3 is 0 Å². The molecule has 1 aromatic carbocycles. The van der Waals surface area contributed by atoms with Crippen LogP contribution in [0.15, 0.2) is 29.4 Å². The van der Waals surface area contributed by atoms with E-state index in [1.54, 1.807) is 6.92 Å². The molecular formula is C12H13F2N3O2S. The van der Waals surface area contributed by atoms with Gasteiger partial charge in [-0.15, -0.1) is 0 Å². The fraction of sp³-hybridized carbons (Fsp3) is 0.250. The molecule has 0 radical (unpaired) electrons. The number of H-pyrrole nitrogens is 1. The van der Waals surface area contributed by atoms with Gasteiger partial charge in [-0.1, -0.05) is 6.07 Å². The maximum absolute atomic E-state index is 13.5. The van der Waals surface area contributed by atoms with E-state index in [2.05, 4.69) is 9.97 Å². The van der Waals surface area contributed by atoms with E-state index in [9.17, 15) is 17.2 Å². The molecule has 0 aliphatic rings. The van der Waals surface area contributed by atoms with Gasteiger partial charge in [0.1, 0.15) is 17.5 Å². The maximum atomic E-state index is 13.5. The van der Waals surface area contributed by atoms with Gasteiger partial charge in [0.15, 0.2) is 5.03 Å². The van der Waals surface area contributed by atoms with Crippen molar-refractivity contribution in [3.05, 3.63) is 47.4 Å². The third-order valence-corrected chi connectivity index (χ3v) is 4.49. The lowest BCUT2D eigenvalue weighted by molar-refractivity contribution is 0.452. The molecule has 20 heavy (non-hydrogen) atoms. The van der Waals surface area contributed by atoms with Crippen molar-refractivity contribution in [2.24, 2.45) is 0 Å². The molecule has 1 heterocycles. The average molecular weight is 301 g/mol. The Balaban J connectivity index is 2.25. The quantitative estimate of drug-likeness (QED) is 0.936. The average Bonchev–Trinajstić information content (AvgIpc) is 2.80. The van der Waals surface area contributed by atoms with E-state index < -0.39 is 21.7 Å². The second kappa shape index (κ2) is 5.29.